The van der Waals surface area contributed by atoms with Gasteiger partial charge >= 0.3 is 0 Å². The quantitative estimate of drug-likeness (QED) is 0.192. The van der Waals surface area contributed by atoms with Gasteiger partial charge in [-0.2, -0.15) is 0 Å². The molecule has 0 saturated carbocycles. The number of ether oxygens (including phenoxy) is 1. The molecule has 50 heavy (non-hydrogen) atoms. The van der Waals surface area contributed by atoms with Gasteiger partial charge in [-0.25, -0.2) is 15.0 Å². The van der Waals surface area contributed by atoms with Crippen molar-refractivity contribution in [2.45, 2.75) is 5.41 Å². The first-order valence-electron chi connectivity index (χ1n) is 16.9. The van der Waals surface area contributed by atoms with Crippen LogP contribution in [0.5, 0.6) is 11.5 Å². The topological polar surface area (TPSA) is 47.9 Å². The highest BCUT2D eigenvalue weighted by Gasteiger charge is 2.51. The van der Waals surface area contributed by atoms with E-state index in [9.17, 15) is 0 Å². The number of aromatic nitrogens is 3. The standard InChI is InChI=1S/C46H29N3O/c1-4-14-30(15-5-1)33-24-26-35-36-27-25-34(45-48-43(31-16-6-2-7-17-31)47-44(49-45)32-18-8-3-9-19-32)29-40(36)46(39(35)28-33)37-20-10-12-22-41(37)50-42-23-13-11-21-38(42)46/h1-29H. The smallest absolute Gasteiger partial charge is 0.164 e. The van der Waals surface area contributed by atoms with Crippen LogP contribution in [-0.4, -0.2) is 15.0 Å². The van der Waals surface area contributed by atoms with Gasteiger partial charge in [0.15, 0.2) is 17.5 Å². The maximum atomic E-state index is 6.62. The summed E-state index contributed by atoms with van der Waals surface area (Å²) in [4.78, 5) is 15.2. The minimum Gasteiger partial charge on any atom is -0.457 e. The van der Waals surface area contributed by atoms with Crippen molar-refractivity contribution in [3.63, 3.8) is 0 Å². The molecule has 0 amide bonds. The molecule has 234 valence electrons. The van der Waals surface area contributed by atoms with E-state index < -0.39 is 5.41 Å². The molecule has 7 aromatic carbocycles. The molecule has 2 heterocycles. The normalized spacial score (nSPS) is 13.1. The molecule has 1 aromatic heterocycles. The van der Waals surface area contributed by atoms with Gasteiger partial charge in [-0.3, -0.25) is 0 Å². The van der Waals surface area contributed by atoms with Crippen molar-refractivity contribution in [2.75, 3.05) is 0 Å². The van der Waals surface area contributed by atoms with Gasteiger partial charge in [0.05, 0.1) is 5.41 Å². The Morgan fingerprint density at radius 3 is 1.24 bits per heavy atom. The Morgan fingerprint density at radius 2 is 0.720 bits per heavy atom. The number of para-hydroxylation sites is 2. The van der Waals surface area contributed by atoms with Crippen LogP contribution in [0.25, 0.3) is 56.4 Å². The van der Waals surface area contributed by atoms with E-state index >= 15 is 0 Å². The van der Waals surface area contributed by atoms with Gasteiger partial charge in [0.25, 0.3) is 0 Å². The highest BCUT2D eigenvalue weighted by molar-refractivity contribution is 5.91. The Hall–Kier alpha value is -6.65. The summed E-state index contributed by atoms with van der Waals surface area (Å²) in [5.41, 5.74) is 11.6. The van der Waals surface area contributed by atoms with Crippen LogP contribution >= 0.6 is 0 Å². The molecular formula is C46H29N3O. The minimum absolute atomic E-state index is 0.630. The monoisotopic (exact) mass is 639 g/mol. The van der Waals surface area contributed by atoms with Crippen LogP contribution in [0.2, 0.25) is 0 Å². The highest BCUT2D eigenvalue weighted by atomic mass is 16.5. The van der Waals surface area contributed by atoms with E-state index in [1.807, 2.05) is 60.7 Å². The van der Waals surface area contributed by atoms with E-state index in [4.69, 9.17) is 19.7 Å². The lowest BCUT2D eigenvalue weighted by Gasteiger charge is -2.39. The van der Waals surface area contributed by atoms with E-state index in [2.05, 4.69) is 115 Å². The molecule has 0 radical (unpaired) electrons. The molecule has 2 aliphatic rings. The molecule has 0 N–H and O–H groups in total. The molecule has 0 fully saturated rings. The summed E-state index contributed by atoms with van der Waals surface area (Å²) >= 11 is 0. The Morgan fingerprint density at radius 1 is 0.320 bits per heavy atom. The first-order valence-corrected chi connectivity index (χ1v) is 16.9. The first-order chi connectivity index (χ1) is 24.8. The number of fused-ring (bicyclic) bond motifs is 9. The molecule has 10 rings (SSSR count). The van der Waals surface area contributed by atoms with Crippen molar-refractivity contribution in [1.29, 1.82) is 0 Å². The predicted molar refractivity (Wildman–Crippen MR) is 199 cm³/mol. The zero-order valence-electron chi connectivity index (χ0n) is 27.0. The van der Waals surface area contributed by atoms with E-state index in [-0.39, 0.29) is 0 Å². The minimum atomic E-state index is -0.631. The average Bonchev–Trinajstić information content (AvgIpc) is 3.48. The largest absolute Gasteiger partial charge is 0.457 e. The molecule has 0 bridgehead atoms. The summed E-state index contributed by atoms with van der Waals surface area (Å²) in [5.74, 6) is 3.63. The van der Waals surface area contributed by atoms with Crippen LogP contribution in [0.4, 0.5) is 0 Å². The van der Waals surface area contributed by atoms with Crippen molar-refractivity contribution >= 4 is 0 Å². The maximum absolute atomic E-state index is 6.62. The summed E-state index contributed by atoms with van der Waals surface area (Å²) in [6.45, 7) is 0. The lowest BCUT2D eigenvalue weighted by Crippen LogP contribution is -2.32. The second-order valence-corrected chi connectivity index (χ2v) is 12.8. The van der Waals surface area contributed by atoms with Gasteiger partial charge in [-0.1, -0.05) is 152 Å². The molecule has 0 unspecified atom stereocenters. The summed E-state index contributed by atoms with van der Waals surface area (Å²) in [6.07, 6.45) is 0. The summed E-state index contributed by atoms with van der Waals surface area (Å²) < 4.78 is 6.62. The second kappa shape index (κ2) is 11.2. The number of hydrogen-bond acceptors (Lipinski definition) is 4. The molecule has 8 aromatic rings. The maximum Gasteiger partial charge on any atom is 0.164 e. The molecule has 1 spiro atoms. The van der Waals surface area contributed by atoms with Crippen LogP contribution in [0.3, 0.4) is 0 Å². The zero-order chi connectivity index (χ0) is 33.1. The lowest BCUT2D eigenvalue weighted by atomic mass is 9.65. The van der Waals surface area contributed by atoms with Crippen molar-refractivity contribution in [3.8, 4) is 67.9 Å². The first kappa shape index (κ1) is 28.4. The summed E-state index contributed by atoms with van der Waals surface area (Å²) in [7, 11) is 0. The number of nitrogens with zero attached hydrogens (tertiary/aromatic N) is 3. The third-order valence-electron chi connectivity index (χ3n) is 10.0. The van der Waals surface area contributed by atoms with E-state index in [0.29, 0.717) is 17.5 Å². The average molecular weight is 640 g/mol. The second-order valence-electron chi connectivity index (χ2n) is 12.8. The lowest BCUT2D eigenvalue weighted by molar-refractivity contribution is 0.436. The van der Waals surface area contributed by atoms with Crippen molar-refractivity contribution in [2.24, 2.45) is 0 Å². The number of hydrogen-bond donors (Lipinski definition) is 0. The highest BCUT2D eigenvalue weighted by Crippen LogP contribution is 2.62. The Balaban J connectivity index is 1.26. The SMILES string of the molecule is c1ccc(-c2ccc3c(c2)C2(c4ccccc4Oc4ccccc42)c2cc(-c4nc(-c5ccccc5)nc(-c5ccccc5)n4)ccc2-3)cc1. The summed E-state index contributed by atoms with van der Waals surface area (Å²) in [6, 6.07) is 61.4. The van der Waals surface area contributed by atoms with Gasteiger partial charge in [-0.05, 0) is 57.6 Å². The van der Waals surface area contributed by atoms with Gasteiger partial charge in [0.2, 0.25) is 0 Å². The van der Waals surface area contributed by atoms with Crippen LogP contribution < -0.4 is 4.74 Å². The Kier molecular flexibility index (Phi) is 6.36. The van der Waals surface area contributed by atoms with Gasteiger partial charge in [-0.15, -0.1) is 0 Å². The third-order valence-corrected chi connectivity index (χ3v) is 10.0. The van der Waals surface area contributed by atoms with Crippen LogP contribution in [0, 0.1) is 0 Å². The Labute approximate surface area is 290 Å². The number of rotatable bonds is 4. The van der Waals surface area contributed by atoms with E-state index in [0.717, 1.165) is 39.3 Å². The van der Waals surface area contributed by atoms with Crippen molar-refractivity contribution in [3.05, 3.63) is 198 Å². The fourth-order valence-corrected chi connectivity index (χ4v) is 7.79. The fourth-order valence-electron chi connectivity index (χ4n) is 7.79. The molecule has 4 heteroatoms. The molecule has 0 saturated heterocycles. The number of benzene rings is 7. The van der Waals surface area contributed by atoms with Gasteiger partial charge in [0.1, 0.15) is 11.5 Å². The molecule has 4 nitrogen and oxygen atoms in total. The fraction of sp³-hybridized carbons (Fsp3) is 0.0217. The Bertz CT molecular complexity index is 2460. The van der Waals surface area contributed by atoms with E-state index in [1.165, 1.54) is 33.4 Å². The third kappa shape index (κ3) is 4.28. The molecular weight excluding hydrogens is 611 g/mol. The predicted octanol–water partition coefficient (Wildman–Crippen LogP) is 11.0. The molecule has 1 aliphatic heterocycles. The van der Waals surface area contributed by atoms with Gasteiger partial charge < -0.3 is 4.74 Å². The van der Waals surface area contributed by atoms with E-state index in [1.54, 1.807) is 0 Å². The van der Waals surface area contributed by atoms with Crippen LogP contribution in [0.15, 0.2) is 176 Å². The van der Waals surface area contributed by atoms with Crippen LogP contribution in [0.1, 0.15) is 22.3 Å². The molecule has 0 atom stereocenters. The summed E-state index contributed by atoms with van der Waals surface area (Å²) in [5, 5.41) is 0. The van der Waals surface area contributed by atoms with Gasteiger partial charge in [0, 0.05) is 27.8 Å². The van der Waals surface area contributed by atoms with Crippen LogP contribution in [-0.2, 0) is 5.41 Å². The molecule has 1 aliphatic carbocycles. The van der Waals surface area contributed by atoms with Crippen molar-refractivity contribution in [1.82, 2.24) is 15.0 Å². The zero-order valence-corrected chi connectivity index (χ0v) is 27.0. The van der Waals surface area contributed by atoms with Crippen molar-refractivity contribution < 1.29 is 4.74 Å².